The summed E-state index contributed by atoms with van der Waals surface area (Å²) in [4.78, 5) is 4.66. The third-order valence-electron chi connectivity index (χ3n) is 3.99. The molecule has 0 fully saturated rings. The van der Waals surface area contributed by atoms with Gasteiger partial charge in [0.1, 0.15) is 15.0 Å². The van der Waals surface area contributed by atoms with Crippen LogP contribution in [0.15, 0.2) is 45.3 Å². The van der Waals surface area contributed by atoms with Crippen molar-refractivity contribution in [3.8, 4) is 16.3 Å². The van der Waals surface area contributed by atoms with Gasteiger partial charge in [-0.1, -0.05) is 32.9 Å². The summed E-state index contributed by atoms with van der Waals surface area (Å²) in [7, 11) is -1.97. The molecule has 0 aliphatic heterocycles. The molecule has 2 heterocycles. The van der Waals surface area contributed by atoms with E-state index in [4.69, 9.17) is 4.74 Å². The van der Waals surface area contributed by atoms with Crippen molar-refractivity contribution in [2.75, 3.05) is 7.11 Å². The molecule has 5 nitrogen and oxygen atoms in total. The van der Waals surface area contributed by atoms with Crippen LogP contribution in [-0.2, 0) is 22.0 Å². The summed E-state index contributed by atoms with van der Waals surface area (Å²) in [5.74, 6) is 0.738. The van der Waals surface area contributed by atoms with Crippen molar-refractivity contribution in [3.63, 3.8) is 0 Å². The Morgan fingerprint density at radius 1 is 1.11 bits per heavy atom. The fraction of sp³-hybridized carbons (Fsp3) is 0.316. The van der Waals surface area contributed by atoms with Crippen LogP contribution < -0.4 is 9.46 Å². The van der Waals surface area contributed by atoms with E-state index >= 15 is 0 Å². The second-order valence-corrected chi connectivity index (χ2v) is 10.9. The molecule has 0 spiro atoms. The van der Waals surface area contributed by atoms with Crippen molar-refractivity contribution in [1.29, 1.82) is 0 Å². The second kappa shape index (κ2) is 7.71. The zero-order chi connectivity index (χ0) is 19.7. The summed E-state index contributed by atoms with van der Waals surface area (Å²) in [5.41, 5.74) is 2.69. The summed E-state index contributed by atoms with van der Waals surface area (Å²) in [6.45, 7) is 6.56. The molecular weight excluding hydrogens is 400 g/mol. The molecule has 0 atom stereocenters. The molecule has 0 radical (unpaired) electrons. The van der Waals surface area contributed by atoms with Gasteiger partial charge in [0, 0.05) is 28.3 Å². The number of aromatic nitrogens is 1. The quantitative estimate of drug-likeness (QED) is 0.627. The van der Waals surface area contributed by atoms with Gasteiger partial charge in [0.05, 0.1) is 12.8 Å². The number of sulfonamides is 1. The molecule has 3 aromatic rings. The van der Waals surface area contributed by atoms with Gasteiger partial charge >= 0.3 is 0 Å². The number of rotatable bonds is 6. The lowest BCUT2D eigenvalue weighted by atomic mass is 9.93. The molecule has 0 aliphatic carbocycles. The van der Waals surface area contributed by atoms with Gasteiger partial charge in [-0.2, -0.15) is 0 Å². The predicted molar refractivity (Wildman–Crippen MR) is 111 cm³/mol. The smallest absolute Gasteiger partial charge is 0.250 e. The summed E-state index contributed by atoms with van der Waals surface area (Å²) in [6, 6.07) is 8.98. The topological polar surface area (TPSA) is 68.3 Å². The van der Waals surface area contributed by atoms with Gasteiger partial charge in [0.25, 0.3) is 0 Å². The minimum atomic E-state index is -3.57. The lowest BCUT2D eigenvalue weighted by Gasteiger charge is -2.14. The number of nitrogens with one attached hydrogen (secondary N) is 1. The van der Waals surface area contributed by atoms with Gasteiger partial charge in [-0.05, 0) is 23.8 Å². The maximum Gasteiger partial charge on any atom is 0.250 e. The molecule has 0 saturated carbocycles. The monoisotopic (exact) mass is 422 g/mol. The molecule has 1 aromatic carbocycles. The molecule has 1 N–H and O–H groups in total. The standard InChI is InChI=1S/C19H22N2O3S3/c1-19(2,3)16-12-26-18(21-16)14-9-17(25-11-14)27(22,23)20-10-13-5-7-15(24-4)8-6-13/h5-9,11-12,20H,10H2,1-4H3. The lowest BCUT2D eigenvalue weighted by molar-refractivity contribution is 0.414. The van der Waals surface area contributed by atoms with Crippen LogP contribution in [-0.4, -0.2) is 20.5 Å². The molecule has 0 aliphatic rings. The van der Waals surface area contributed by atoms with E-state index in [1.165, 1.54) is 22.7 Å². The predicted octanol–water partition coefficient (Wildman–Crippen LogP) is 4.66. The number of thiazole rings is 1. The Labute approximate surface area is 168 Å². The van der Waals surface area contributed by atoms with E-state index in [-0.39, 0.29) is 12.0 Å². The molecule has 27 heavy (non-hydrogen) atoms. The van der Waals surface area contributed by atoms with Crippen molar-refractivity contribution in [1.82, 2.24) is 9.71 Å². The summed E-state index contributed by atoms with van der Waals surface area (Å²) in [6.07, 6.45) is 0. The van der Waals surface area contributed by atoms with Crippen LogP contribution in [0.4, 0.5) is 0 Å². The Balaban J connectivity index is 1.73. The first kappa shape index (κ1) is 20.0. The van der Waals surface area contributed by atoms with Crippen LogP contribution >= 0.6 is 22.7 Å². The van der Waals surface area contributed by atoms with Crippen molar-refractivity contribution in [3.05, 3.63) is 52.3 Å². The van der Waals surface area contributed by atoms with E-state index in [0.29, 0.717) is 4.21 Å². The van der Waals surface area contributed by atoms with Crippen LogP contribution in [0.25, 0.3) is 10.6 Å². The molecule has 2 aromatic heterocycles. The highest BCUT2D eigenvalue weighted by Crippen LogP contribution is 2.33. The lowest BCUT2D eigenvalue weighted by Crippen LogP contribution is -2.22. The maximum atomic E-state index is 12.6. The minimum Gasteiger partial charge on any atom is -0.497 e. The van der Waals surface area contributed by atoms with Gasteiger partial charge in [0.15, 0.2) is 0 Å². The molecule has 0 bridgehead atoms. The fourth-order valence-corrected chi connectivity index (χ4v) is 5.65. The maximum absolute atomic E-state index is 12.6. The number of benzene rings is 1. The molecule has 0 amide bonds. The SMILES string of the molecule is COc1ccc(CNS(=O)(=O)c2cc(-c3nc(C(C)(C)C)cs3)cs2)cc1. The van der Waals surface area contributed by atoms with Gasteiger partial charge < -0.3 is 4.74 Å². The van der Waals surface area contributed by atoms with E-state index in [9.17, 15) is 8.42 Å². The first-order valence-electron chi connectivity index (χ1n) is 8.36. The molecule has 8 heteroatoms. The van der Waals surface area contributed by atoms with Gasteiger partial charge in [-0.3, -0.25) is 0 Å². The fourth-order valence-electron chi connectivity index (χ4n) is 2.31. The minimum absolute atomic E-state index is 0.0282. The Kier molecular flexibility index (Phi) is 5.71. The number of hydrogen-bond donors (Lipinski definition) is 1. The molecule has 0 saturated heterocycles. The largest absolute Gasteiger partial charge is 0.497 e. The molecular formula is C19H22N2O3S3. The van der Waals surface area contributed by atoms with Crippen molar-refractivity contribution < 1.29 is 13.2 Å². The molecule has 0 unspecified atom stereocenters. The highest BCUT2D eigenvalue weighted by atomic mass is 32.2. The second-order valence-electron chi connectivity index (χ2n) is 7.11. The number of nitrogens with zero attached hydrogens (tertiary/aromatic N) is 1. The average molecular weight is 423 g/mol. The molecule has 144 valence electrons. The third kappa shape index (κ3) is 4.76. The summed E-state index contributed by atoms with van der Waals surface area (Å²) in [5, 5.41) is 4.71. The molecule has 3 rings (SSSR count). The Bertz CT molecular complexity index is 1010. The first-order valence-corrected chi connectivity index (χ1v) is 11.6. The van der Waals surface area contributed by atoms with E-state index in [1.807, 2.05) is 35.0 Å². The van der Waals surface area contributed by atoms with Gasteiger partial charge in [0.2, 0.25) is 10.0 Å². The van der Waals surface area contributed by atoms with Crippen LogP contribution in [0.2, 0.25) is 0 Å². The van der Waals surface area contributed by atoms with E-state index in [2.05, 4.69) is 30.5 Å². The zero-order valence-corrected chi connectivity index (χ0v) is 18.1. The van der Waals surface area contributed by atoms with Crippen LogP contribution in [0, 0.1) is 0 Å². The number of methoxy groups -OCH3 is 1. The van der Waals surface area contributed by atoms with E-state index in [1.54, 1.807) is 13.2 Å². The number of ether oxygens (including phenoxy) is 1. The van der Waals surface area contributed by atoms with Gasteiger partial charge in [-0.25, -0.2) is 18.1 Å². The highest BCUT2D eigenvalue weighted by Gasteiger charge is 2.21. The van der Waals surface area contributed by atoms with Crippen LogP contribution in [0.1, 0.15) is 32.0 Å². The van der Waals surface area contributed by atoms with Crippen molar-refractivity contribution >= 4 is 32.7 Å². The number of hydrogen-bond acceptors (Lipinski definition) is 6. The van der Waals surface area contributed by atoms with Crippen molar-refractivity contribution in [2.24, 2.45) is 0 Å². The summed E-state index contributed by atoms with van der Waals surface area (Å²) < 4.78 is 33.2. The van der Waals surface area contributed by atoms with E-state index in [0.717, 1.165) is 27.6 Å². The Morgan fingerprint density at radius 2 is 1.81 bits per heavy atom. The summed E-state index contributed by atoms with van der Waals surface area (Å²) >= 11 is 2.74. The Morgan fingerprint density at radius 3 is 2.41 bits per heavy atom. The Hall–Kier alpha value is -1.74. The first-order chi connectivity index (χ1) is 12.7. The van der Waals surface area contributed by atoms with Gasteiger partial charge in [-0.15, -0.1) is 22.7 Å². The van der Waals surface area contributed by atoms with Crippen LogP contribution in [0.5, 0.6) is 5.75 Å². The van der Waals surface area contributed by atoms with Crippen molar-refractivity contribution in [2.45, 2.75) is 36.9 Å². The normalized spacial score (nSPS) is 12.3. The highest BCUT2D eigenvalue weighted by molar-refractivity contribution is 7.91. The average Bonchev–Trinajstić information content (AvgIpc) is 3.29. The van der Waals surface area contributed by atoms with Crippen LogP contribution in [0.3, 0.4) is 0 Å². The number of thiophene rings is 1. The zero-order valence-electron chi connectivity index (χ0n) is 15.6. The van der Waals surface area contributed by atoms with E-state index < -0.39 is 10.0 Å². The third-order valence-corrected chi connectivity index (χ3v) is 7.72.